The van der Waals surface area contributed by atoms with Crippen LogP contribution < -0.4 is 4.90 Å². The predicted octanol–water partition coefficient (Wildman–Crippen LogP) is 2.99. The smallest absolute Gasteiger partial charge is 0.228 e. The third-order valence-electron chi connectivity index (χ3n) is 6.89. The summed E-state index contributed by atoms with van der Waals surface area (Å²) < 4.78 is 0. The van der Waals surface area contributed by atoms with Gasteiger partial charge in [0.2, 0.25) is 17.7 Å². The predicted molar refractivity (Wildman–Crippen MR) is 116 cm³/mol. The third-order valence-corrected chi connectivity index (χ3v) is 6.89. The number of piperidine rings is 1. The molecule has 0 aliphatic carbocycles. The molecule has 0 saturated carbocycles. The molecule has 0 radical (unpaired) electrons. The van der Waals surface area contributed by atoms with Crippen molar-refractivity contribution in [1.82, 2.24) is 9.80 Å². The standard InChI is InChI=1S/C24H33N3O3/c1-18-6-8-21(9-7-18)27-17-20(16-22(27)28)24(30)26-14-10-19(11-15-26)23(29)25-12-4-2-3-5-13-25/h6-9,19-20H,2-5,10-17H2,1H3. The molecular formula is C24H33N3O3. The second-order valence-corrected chi connectivity index (χ2v) is 9.08. The molecule has 1 aromatic carbocycles. The summed E-state index contributed by atoms with van der Waals surface area (Å²) in [4.78, 5) is 44.1. The van der Waals surface area contributed by atoms with Gasteiger partial charge in [-0.05, 0) is 44.7 Å². The van der Waals surface area contributed by atoms with Crippen LogP contribution in [0, 0.1) is 18.8 Å². The second kappa shape index (κ2) is 9.19. The summed E-state index contributed by atoms with van der Waals surface area (Å²) in [6.45, 7) is 5.49. The van der Waals surface area contributed by atoms with Gasteiger partial charge in [-0.15, -0.1) is 0 Å². The summed E-state index contributed by atoms with van der Waals surface area (Å²) in [5.74, 6) is 0.130. The first-order chi connectivity index (χ1) is 14.5. The van der Waals surface area contributed by atoms with E-state index in [1.165, 1.54) is 12.8 Å². The van der Waals surface area contributed by atoms with Gasteiger partial charge in [0.05, 0.1) is 5.92 Å². The van der Waals surface area contributed by atoms with E-state index in [0.717, 1.165) is 50.0 Å². The lowest BCUT2D eigenvalue weighted by Crippen LogP contribution is -2.46. The third kappa shape index (κ3) is 4.52. The number of anilines is 1. The maximum absolute atomic E-state index is 13.1. The highest BCUT2D eigenvalue weighted by Gasteiger charge is 2.39. The van der Waals surface area contributed by atoms with Gasteiger partial charge in [-0.2, -0.15) is 0 Å². The van der Waals surface area contributed by atoms with E-state index in [-0.39, 0.29) is 36.0 Å². The molecule has 162 valence electrons. The van der Waals surface area contributed by atoms with Crippen molar-refractivity contribution in [3.63, 3.8) is 0 Å². The Morgan fingerprint density at radius 2 is 1.37 bits per heavy atom. The van der Waals surface area contributed by atoms with Gasteiger partial charge in [0.25, 0.3) is 0 Å². The van der Waals surface area contributed by atoms with Gasteiger partial charge in [-0.25, -0.2) is 0 Å². The van der Waals surface area contributed by atoms with Crippen LogP contribution >= 0.6 is 0 Å². The van der Waals surface area contributed by atoms with Crippen LogP contribution in [0.5, 0.6) is 0 Å². The topological polar surface area (TPSA) is 60.9 Å². The minimum atomic E-state index is -0.281. The van der Waals surface area contributed by atoms with E-state index in [1.807, 2.05) is 41.0 Å². The minimum absolute atomic E-state index is 0.0171. The van der Waals surface area contributed by atoms with Crippen molar-refractivity contribution in [3.8, 4) is 0 Å². The molecule has 3 saturated heterocycles. The maximum Gasteiger partial charge on any atom is 0.228 e. The molecule has 0 N–H and O–H groups in total. The Morgan fingerprint density at radius 1 is 0.800 bits per heavy atom. The van der Waals surface area contributed by atoms with E-state index in [4.69, 9.17) is 0 Å². The molecule has 1 unspecified atom stereocenters. The van der Waals surface area contributed by atoms with Gasteiger partial charge in [0.15, 0.2) is 0 Å². The highest BCUT2D eigenvalue weighted by atomic mass is 16.2. The van der Waals surface area contributed by atoms with Crippen molar-refractivity contribution in [2.45, 2.75) is 51.9 Å². The first-order valence-electron chi connectivity index (χ1n) is 11.5. The number of rotatable bonds is 3. The molecule has 0 spiro atoms. The van der Waals surface area contributed by atoms with Crippen LogP contribution in [0.15, 0.2) is 24.3 Å². The normalized spacial score (nSPS) is 23.6. The summed E-state index contributed by atoms with van der Waals surface area (Å²) >= 11 is 0. The molecule has 6 nitrogen and oxygen atoms in total. The van der Waals surface area contributed by atoms with E-state index >= 15 is 0 Å². The van der Waals surface area contributed by atoms with Crippen molar-refractivity contribution in [3.05, 3.63) is 29.8 Å². The van der Waals surface area contributed by atoms with Crippen LogP contribution in [0.3, 0.4) is 0 Å². The monoisotopic (exact) mass is 411 g/mol. The van der Waals surface area contributed by atoms with E-state index in [1.54, 1.807) is 4.90 Å². The van der Waals surface area contributed by atoms with Crippen LogP contribution in [-0.4, -0.2) is 60.2 Å². The highest BCUT2D eigenvalue weighted by molar-refractivity contribution is 6.00. The van der Waals surface area contributed by atoms with Gasteiger partial charge in [0.1, 0.15) is 0 Å². The van der Waals surface area contributed by atoms with Gasteiger partial charge in [-0.1, -0.05) is 30.5 Å². The lowest BCUT2D eigenvalue weighted by molar-refractivity contribution is -0.142. The molecule has 1 atom stereocenters. The number of carbonyl (C=O) groups excluding carboxylic acids is 3. The number of hydrogen-bond acceptors (Lipinski definition) is 3. The van der Waals surface area contributed by atoms with E-state index in [9.17, 15) is 14.4 Å². The van der Waals surface area contributed by atoms with Gasteiger partial charge < -0.3 is 14.7 Å². The molecule has 3 fully saturated rings. The first kappa shape index (κ1) is 20.9. The SMILES string of the molecule is Cc1ccc(N2CC(C(=O)N3CCC(C(=O)N4CCCCCC4)CC3)CC2=O)cc1. The number of carbonyl (C=O) groups is 3. The average molecular weight is 412 g/mol. The van der Waals surface area contributed by atoms with Crippen LogP contribution in [0.1, 0.15) is 50.5 Å². The minimum Gasteiger partial charge on any atom is -0.342 e. The van der Waals surface area contributed by atoms with Crippen molar-refractivity contribution < 1.29 is 14.4 Å². The molecule has 6 heteroatoms. The molecule has 3 amide bonds. The van der Waals surface area contributed by atoms with Crippen LogP contribution in [-0.2, 0) is 14.4 Å². The van der Waals surface area contributed by atoms with Gasteiger partial charge >= 0.3 is 0 Å². The van der Waals surface area contributed by atoms with Crippen molar-refractivity contribution >= 4 is 23.4 Å². The molecule has 1 aromatic rings. The summed E-state index contributed by atoms with van der Waals surface area (Å²) in [6.07, 6.45) is 6.41. The van der Waals surface area contributed by atoms with E-state index in [0.29, 0.717) is 19.6 Å². The number of hydrogen-bond donors (Lipinski definition) is 0. The first-order valence-corrected chi connectivity index (χ1v) is 11.5. The fraction of sp³-hybridized carbons (Fsp3) is 0.625. The van der Waals surface area contributed by atoms with Crippen molar-refractivity contribution in [2.24, 2.45) is 11.8 Å². The van der Waals surface area contributed by atoms with E-state index < -0.39 is 0 Å². The van der Waals surface area contributed by atoms with Gasteiger partial charge in [0, 0.05) is 50.7 Å². The molecule has 0 bridgehead atoms. The Labute approximate surface area is 179 Å². The summed E-state index contributed by atoms with van der Waals surface area (Å²) in [7, 11) is 0. The molecule has 30 heavy (non-hydrogen) atoms. The number of aryl methyl sites for hydroxylation is 1. The molecule has 4 rings (SSSR count). The zero-order valence-corrected chi connectivity index (χ0v) is 18.0. The molecule has 0 aromatic heterocycles. The van der Waals surface area contributed by atoms with Crippen molar-refractivity contribution in [2.75, 3.05) is 37.6 Å². The molecular weight excluding hydrogens is 378 g/mol. The lowest BCUT2D eigenvalue weighted by Gasteiger charge is -2.35. The zero-order chi connectivity index (χ0) is 21.1. The van der Waals surface area contributed by atoms with Gasteiger partial charge in [-0.3, -0.25) is 14.4 Å². The van der Waals surface area contributed by atoms with Crippen molar-refractivity contribution in [1.29, 1.82) is 0 Å². The summed E-state index contributed by atoms with van der Waals surface area (Å²) in [5.41, 5.74) is 2.01. The Morgan fingerprint density at radius 3 is 2.00 bits per heavy atom. The zero-order valence-electron chi connectivity index (χ0n) is 18.0. The average Bonchev–Trinajstić information content (AvgIpc) is 2.97. The largest absolute Gasteiger partial charge is 0.342 e. The second-order valence-electron chi connectivity index (χ2n) is 9.08. The fourth-order valence-electron chi connectivity index (χ4n) is 5.00. The quantitative estimate of drug-likeness (QED) is 0.768. The molecule has 3 aliphatic heterocycles. The molecule has 3 aliphatic rings. The number of nitrogens with zero attached hydrogens (tertiary/aromatic N) is 3. The highest BCUT2D eigenvalue weighted by Crippen LogP contribution is 2.29. The van der Waals surface area contributed by atoms with Crippen LogP contribution in [0.25, 0.3) is 0 Å². The summed E-state index contributed by atoms with van der Waals surface area (Å²) in [5, 5.41) is 0. The molecule has 3 heterocycles. The van der Waals surface area contributed by atoms with Crippen LogP contribution in [0.2, 0.25) is 0 Å². The number of amides is 3. The Bertz CT molecular complexity index is 775. The lowest BCUT2D eigenvalue weighted by atomic mass is 9.94. The Hall–Kier alpha value is -2.37. The Balaban J connectivity index is 1.30. The Kier molecular flexibility index (Phi) is 6.40. The number of likely N-dealkylation sites (tertiary alicyclic amines) is 2. The van der Waals surface area contributed by atoms with Crippen LogP contribution in [0.4, 0.5) is 5.69 Å². The maximum atomic E-state index is 13.1. The number of benzene rings is 1. The fourth-order valence-corrected chi connectivity index (χ4v) is 5.00. The summed E-state index contributed by atoms with van der Waals surface area (Å²) in [6, 6.07) is 7.87. The van der Waals surface area contributed by atoms with E-state index in [2.05, 4.69) is 0 Å².